The fourth-order valence-corrected chi connectivity index (χ4v) is 6.09. The number of carbonyl (C=O) groups is 1. The molecule has 1 fully saturated rings. The Labute approximate surface area is 181 Å². The second-order valence-electron chi connectivity index (χ2n) is 6.84. The van der Waals surface area contributed by atoms with Crippen LogP contribution in [-0.2, 0) is 24.8 Å². The molecule has 1 aliphatic rings. The van der Waals surface area contributed by atoms with E-state index in [4.69, 9.17) is 11.6 Å². The Morgan fingerprint density at radius 1 is 0.933 bits per heavy atom. The summed E-state index contributed by atoms with van der Waals surface area (Å²) in [6.45, 7) is 2.02. The molecule has 1 amide bonds. The molecular formula is C19H22ClN3O5S2. The van der Waals surface area contributed by atoms with E-state index in [-0.39, 0.29) is 36.0 Å². The van der Waals surface area contributed by atoms with Crippen LogP contribution in [0.25, 0.3) is 0 Å². The van der Waals surface area contributed by atoms with Gasteiger partial charge >= 0.3 is 0 Å². The lowest BCUT2D eigenvalue weighted by molar-refractivity contribution is -0.133. The summed E-state index contributed by atoms with van der Waals surface area (Å²) in [5, 5.41) is 0.324. The van der Waals surface area contributed by atoms with Crippen molar-refractivity contribution in [3.05, 3.63) is 59.6 Å². The van der Waals surface area contributed by atoms with Gasteiger partial charge in [0.15, 0.2) is 0 Å². The van der Waals surface area contributed by atoms with Crippen LogP contribution in [0.4, 0.5) is 0 Å². The first-order valence-corrected chi connectivity index (χ1v) is 12.5. The number of carbonyl (C=O) groups excluding carboxylic acids is 1. The maximum absolute atomic E-state index is 12.8. The number of rotatable bonds is 6. The summed E-state index contributed by atoms with van der Waals surface area (Å²) in [5.74, 6) is -0.408. The van der Waals surface area contributed by atoms with Crippen molar-refractivity contribution in [1.29, 1.82) is 0 Å². The zero-order chi connectivity index (χ0) is 21.9. The molecule has 30 heavy (non-hydrogen) atoms. The van der Waals surface area contributed by atoms with Crippen molar-refractivity contribution in [3.63, 3.8) is 0 Å². The SMILES string of the molecule is C[C@H](NS(=O)(=O)c1ccccc1)C(=O)N1CCN(S(=O)(=O)c2cccc(Cl)c2)CC1. The zero-order valence-corrected chi connectivity index (χ0v) is 18.6. The minimum Gasteiger partial charge on any atom is -0.339 e. The lowest BCUT2D eigenvalue weighted by Crippen LogP contribution is -2.55. The summed E-state index contributed by atoms with van der Waals surface area (Å²) in [6, 6.07) is 12.8. The molecule has 2 aromatic rings. The number of hydrogen-bond donors (Lipinski definition) is 1. The van der Waals surface area contributed by atoms with Crippen molar-refractivity contribution in [1.82, 2.24) is 13.9 Å². The van der Waals surface area contributed by atoms with Gasteiger partial charge in [0.25, 0.3) is 0 Å². The molecule has 1 aliphatic heterocycles. The average Bonchev–Trinajstić information content (AvgIpc) is 2.73. The summed E-state index contributed by atoms with van der Waals surface area (Å²) in [7, 11) is -7.55. The van der Waals surface area contributed by atoms with Gasteiger partial charge in [-0.3, -0.25) is 4.79 Å². The van der Waals surface area contributed by atoms with E-state index in [0.717, 1.165) is 0 Å². The van der Waals surface area contributed by atoms with Gasteiger partial charge in [-0.1, -0.05) is 35.9 Å². The first-order valence-electron chi connectivity index (χ1n) is 9.23. The lowest BCUT2D eigenvalue weighted by atomic mass is 10.2. The highest BCUT2D eigenvalue weighted by atomic mass is 35.5. The Morgan fingerprint density at radius 3 is 2.13 bits per heavy atom. The van der Waals surface area contributed by atoms with Crippen molar-refractivity contribution >= 4 is 37.6 Å². The van der Waals surface area contributed by atoms with Crippen molar-refractivity contribution in [2.24, 2.45) is 0 Å². The van der Waals surface area contributed by atoms with Gasteiger partial charge in [-0.15, -0.1) is 0 Å². The smallest absolute Gasteiger partial charge is 0.243 e. The Kier molecular flexibility index (Phi) is 6.83. The van der Waals surface area contributed by atoms with Crippen LogP contribution in [0.15, 0.2) is 64.4 Å². The summed E-state index contributed by atoms with van der Waals surface area (Å²) in [5.41, 5.74) is 0. The fraction of sp³-hybridized carbons (Fsp3) is 0.316. The first-order chi connectivity index (χ1) is 14.1. The monoisotopic (exact) mass is 471 g/mol. The molecule has 0 radical (unpaired) electrons. The van der Waals surface area contributed by atoms with Crippen LogP contribution < -0.4 is 4.72 Å². The number of nitrogens with zero attached hydrogens (tertiary/aromatic N) is 2. The van der Waals surface area contributed by atoms with Gasteiger partial charge in [0.2, 0.25) is 26.0 Å². The van der Waals surface area contributed by atoms with Gasteiger partial charge in [0.1, 0.15) is 0 Å². The largest absolute Gasteiger partial charge is 0.339 e. The number of amides is 1. The van der Waals surface area contributed by atoms with Gasteiger partial charge in [-0.2, -0.15) is 9.03 Å². The third kappa shape index (κ3) is 5.01. The highest BCUT2D eigenvalue weighted by molar-refractivity contribution is 7.89. The first kappa shape index (κ1) is 22.7. The second-order valence-corrected chi connectivity index (χ2v) is 10.9. The van der Waals surface area contributed by atoms with Crippen molar-refractivity contribution in [3.8, 4) is 0 Å². The maximum atomic E-state index is 12.8. The number of hydrogen-bond acceptors (Lipinski definition) is 5. The highest BCUT2D eigenvalue weighted by Gasteiger charge is 2.32. The Morgan fingerprint density at radius 2 is 1.53 bits per heavy atom. The van der Waals surface area contributed by atoms with Crippen LogP contribution in [0, 0.1) is 0 Å². The molecule has 8 nitrogen and oxygen atoms in total. The van der Waals surface area contributed by atoms with Gasteiger partial charge in [-0.25, -0.2) is 16.8 Å². The van der Waals surface area contributed by atoms with E-state index in [1.807, 2.05) is 0 Å². The standard InChI is InChI=1S/C19H22ClN3O5S2/c1-15(21-29(25,26)17-7-3-2-4-8-17)19(24)22-10-12-23(13-11-22)30(27,28)18-9-5-6-16(20)14-18/h2-9,14-15,21H,10-13H2,1H3/t15-/m0/s1. The topological polar surface area (TPSA) is 104 Å². The molecule has 1 atom stereocenters. The third-order valence-corrected chi connectivity index (χ3v) is 8.43. The number of benzene rings is 2. The van der Waals surface area contributed by atoms with Crippen LogP contribution >= 0.6 is 11.6 Å². The molecule has 2 aromatic carbocycles. The van der Waals surface area contributed by atoms with Crippen LogP contribution in [0.3, 0.4) is 0 Å². The second kappa shape index (κ2) is 9.03. The van der Waals surface area contributed by atoms with Gasteiger partial charge in [0, 0.05) is 31.2 Å². The van der Waals surface area contributed by atoms with Crippen molar-refractivity contribution in [2.75, 3.05) is 26.2 Å². The summed E-state index contributed by atoms with van der Waals surface area (Å²) >= 11 is 5.89. The Hall–Kier alpha value is -1.98. The van der Waals surface area contributed by atoms with Gasteiger partial charge in [-0.05, 0) is 37.3 Å². The lowest BCUT2D eigenvalue weighted by Gasteiger charge is -2.35. The molecule has 0 unspecified atom stereocenters. The van der Waals surface area contributed by atoms with E-state index < -0.39 is 32.0 Å². The molecule has 162 valence electrons. The van der Waals surface area contributed by atoms with Gasteiger partial charge < -0.3 is 4.90 Å². The molecule has 11 heteroatoms. The third-order valence-electron chi connectivity index (χ3n) is 4.74. The van der Waals surface area contributed by atoms with E-state index in [1.54, 1.807) is 30.3 Å². The average molecular weight is 472 g/mol. The molecule has 1 heterocycles. The van der Waals surface area contributed by atoms with Crippen LogP contribution in [0.1, 0.15) is 6.92 Å². The quantitative estimate of drug-likeness (QED) is 0.688. The molecule has 1 saturated heterocycles. The van der Waals surface area contributed by atoms with Gasteiger partial charge in [0.05, 0.1) is 15.8 Å². The predicted molar refractivity (Wildman–Crippen MR) is 113 cm³/mol. The Bertz CT molecular complexity index is 1120. The number of piperazine rings is 1. The summed E-state index contributed by atoms with van der Waals surface area (Å²) in [4.78, 5) is 14.3. The van der Waals surface area contributed by atoms with Crippen LogP contribution in [-0.4, -0.2) is 64.2 Å². The molecule has 0 aliphatic carbocycles. The maximum Gasteiger partial charge on any atom is 0.243 e. The predicted octanol–water partition coefficient (Wildman–Crippen LogP) is 1.54. The van der Waals surface area contributed by atoms with E-state index in [0.29, 0.717) is 5.02 Å². The van der Waals surface area contributed by atoms with E-state index in [1.165, 1.54) is 40.4 Å². The van der Waals surface area contributed by atoms with E-state index in [9.17, 15) is 21.6 Å². The van der Waals surface area contributed by atoms with Crippen molar-refractivity contribution in [2.45, 2.75) is 22.8 Å². The zero-order valence-electron chi connectivity index (χ0n) is 16.2. The molecule has 0 bridgehead atoms. The molecule has 0 aromatic heterocycles. The minimum atomic E-state index is -3.83. The van der Waals surface area contributed by atoms with Crippen LogP contribution in [0.5, 0.6) is 0 Å². The molecule has 0 spiro atoms. The number of nitrogens with one attached hydrogen (secondary N) is 1. The fourth-order valence-electron chi connectivity index (χ4n) is 3.15. The molecule has 0 saturated carbocycles. The van der Waals surface area contributed by atoms with E-state index >= 15 is 0 Å². The minimum absolute atomic E-state index is 0.0714. The normalized spacial score (nSPS) is 16.9. The summed E-state index contributed by atoms with van der Waals surface area (Å²) in [6.07, 6.45) is 0. The molecule has 1 N–H and O–H groups in total. The van der Waals surface area contributed by atoms with E-state index in [2.05, 4.69) is 4.72 Å². The number of sulfonamides is 2. The van der Waals surface area contributed by atoms with Crippen LogP contribution in [0.2, 0.25) is 5.02 Å². The molecule has 3 rings (SSSR count). The van der Waals surface area contributed by atoms with Crippen molar-refractivity contribution < 1.29 is 21.6 Å². The number of halogens is 1. The molecular weight excluding hydrogens is 450 g/mol. The summed E-state index contributed by atoms with van der Waals surface area (Å²) < 4.78 is 54.0. The Balaban J connectivity index is 1.62. The highest BCUT2D eigenvalue weighted by Crippen LogP contribution is 2.21.